The van der Waals surface area contributed by atoms with Gasteiger partial charge in [0.25, 0.3) is 5.91 Å². The first kappa shape index (κ1) is 16.6. The Morgan fingerprint density at radius 1 is 1.33 bits per heavy atom. The quantitative estimate of drug-likeness (QED) is 0.848. The van der Waals surface area contributed by atoms with Crippen LogP contribution in [0, 0.1) is 0 Å². The molecular weight excluding hydrogens is 304 g/mol. The zero-order chi connectivity index (χ0) is 16.8. The van der Waals surface area contributed by atoms with Gasteiger partial charge in [-0.3, -0.25) is 4.79 Å². The molecule has 0 unspecified atom stereocenters. The van der Waals surface area contributed by atoms with Gasteiger partial charge in [-0.15, -0.1) is 10.2 Å². The first-order chi connectivity index (χ1) is 11.8. The fraction of sp³-hybridized carbons (Fsp3) is 0.500. The van der Waals surface area contributed by atoms with Gasteiger partial charge in [0.2, 0.25) is 0 Å². The lowest BCUT2D eigenvalue weighted by Gasteiger charge is -2.22. The number of nitrogens with zero attached hydrogens (tertiary/aromatic N) is 3. The molecule has 1 saturated carbocycles. The van der Waals surface area contributed by atoms with Crippen LogP contribution in [0.4, 0.5) is 0 Å². The Morgan fingerprint density at radius 2 is 2.08 bits per heavy atom. The first-order valence-corrected chi connectivity index (χ1v) is 8.62. The second kappa shape index (κ2) is 8.06. The van der Waals surface area contributed by atoms with E-state index in [1.165, 1.54) is 12.8 Å². The van der Waals surface area contributed by atoms with Gasteiger partial charge in [0.15, 0.2) is 11.9 Å². The number of amides is 1. The maximum Gasteiger partial charge on any atom is 0.254 e. The third kappa shape index (κ3) is 4.00. The summed E-state index contributed by atoms with van der Waals surface area (Å²) in [6.07, 6.45) is 5.67. The topological polar surface area (TPSA) is 69.0 Å². The van der Waals surface area contributed by atoms with Crippen molar-refractivity contribution in [2.24, 2.45) is 0 Å². The van der Waals surface area contributed by atoms with Crippen LogP contribution in [0.15, 0.2) is 36.7 Å². The Labute approximate surface area is 142 Å². The molecule has 1 aromatic heterocycles. The Balaban J connectivity index is 1.68. The number of aryl methyl sites for hydroxylation is 1. The minimum atomic E-state index is -0.577. The molecule has 6 heteroatoms. The van der Waals surface area contributed by atoms with Gasteiger partial charge >= 0.3 is 0 Å². The van der Waals surface area contributed by atoms with Crippen LogP contribution in [-0.4, -0.2) is 26.8 Å². The van der Waals surface area contributed by atoms with E-state index in [9.17, 15) is 4.79 Å². The van der Waals surface area contributed by atoms with Crippen LogP contribution in [0.25, 0.3) is 0 Å². The van der Waals surface area contributed by atoms with Crippen molar-refractivity contribution in [3.63, 3.8) is 0 Å². The zero-order valence-corrected chi connectivity index (χ0v) is 14.0. The van der Waals surface area contributed by atoms with Gasteiger partial charge in [-0.1, -0.05) is 43.2 Å². The van der Waals surface area contributed by atoms with Gasteiger partial charge in [-0.2, -0.15) is 0 Å². The molecule has 3 rings (SSSR count). The fourth-order valence-corrected chi connectivity index (χ4v) is 3.08. The van der Waals surface area contributed by atoms with E-state index in [1.54, 1.807) is 6.33 Å². The second-order valence-electron chi connectivity index (χ2n) is 6.08. The van der Waals surface area contributed by atoms with Gasteiger partial charge in [-0.25, -0.2) is 0 Å². The predicted molar refractivity (Wildman–Crippen MR) is 90.1 cm³/mol. The smallest absolute Gasteiger partial charge is 0.254 e. The minimum Gasteiger partial charge on any atom is -0.360 e. The minimum absolute atomic E-state index is 0.126. The summed E-state index contributed by atoms with van der Waals surface area (Å²) in [6.45, 7) is 3.15. The molecule has 1 amide bonds. The fourth-order valence-electron chi connectivity index (χ4n) is 3.08. The normalized spacial score (nSPS) is 16.2. The Bertz CT molecular complexity index is 650. The summed E-state index contributed by atoms with van der Waals surface area (Å²) in [6, 6.07) is 9.68. The molecule has 0 saturated heterocycles. The lowest BCUT2D eigenvalue weighted by molar-refractivity contribution is -0.137. The van der Waals surface area contributed by atoms with Crippen molar-refractivity contribution in [3.05, 3.63) is 48.0 Å². The highest BCUT2D eigenvalue weighted by atomic mass is 16.5. The number of hydrogen-bond donors (Lipinski definition) is 1. The zero-order valence-electron chi connectivity index (χ0n) is 14.0. The number of hydrogen-bond acceptors (Lipinski definition) is 4. The monoisotopic (exact) mass is 328 g/mol. The van der Waals surface area contributed by atoms with Crippen LogP contribution < -0.4 is 5.32 Å². The molecule has 6 nitrogen and oxygen atoms in total. The number of carbonyl (C=O) groups excluding carboxylic acids is 1. The SMILES string of the molecule is CCn1cnnc1CNC(=O)[C@@H](OC1CCCC1)c1ccccc1. The lowest BCUT2D eigenvalue weighted by atomic mass is 10.1. The summed E-state index contributed by atoms with van der Waals surface area (Å²) >= 11 is 0. The molecular formula is C18H24N4O2. The molecule has 128 valence electrons. The number of rotatable bonds is 7. The van der Waals surface area contributed by atoms with E-state index in [4.69, 9.17) is 4.74 Å². The largest absolute Gasteiger partial charge is 0.360 e. The number of carbonyl (C=O) groups is 1. The van der Waals surface area contributed by atoms with E-state index in [0.29, 0.717) is 6.54 Å². The maximum atomic E-state index is 12.7. The van der Waals surface area contributed by atoms with Crippen LogP contribution in [-0.2, 0) is 22.6 Å². The maximum absolute atomic E-state index is 12.7. The van der Waals surface area contributed by atoms with Crippen LogP contribution in [0.3, 0.4) is 0 Å². The van der Waals surface area contributed by atoms with E-state index in [2.05, 4.69) is 15.5 Å². The highest BCUT2D eigenvalue weighted by molar-refractivity contribution is 5.82. The summed E-state index contributed by atoms with van der Waals surface area (Å²) in [4.78, 5) is 12.7. The Kier molecular flexibility index (Phi) is 5.59. The van der Waals surface area contributed by atoms with E-state index in [-0.39, 0.29) is 12.0 Å². The molecule has 1 fully saturated rings. The van der Waals surface area contributed by atoms with Crippen LogP contribution in [0.1, 0.15) is 50.1 Å². The summed E-state index contributed by atoms with van der Waals surface area (Å²) in [5, 5.41) is 10.9. The van der Waals surface area contributed by atoms with Crippen LogP contribution in [0.2, 0.25) is 0 Å². The Hall–Kier alpha value is -2.21. The molecule has 1 atom stereocenters. The molecule has 2 aromatic rings. The van der Waals surface area contributed by atoms with E-state index in [1.807, 2.05) is 41.8 Å². The number of aromatic nitrogens is 3. The van der Waals surface area contributed by atoms with Gasteiger partial charge in [0.1, 0.15) is 6.33 Å². The summed E-state index contributed by atoms with van der Waals surface area (Å²) in [5.41, 5.74) is 0.888. The molecule has 24 heavy (non-hydrogen) atoms. The van der Waals surface area contributed by atoms with Gasteiger partial charge < -0.3 is 14.6 Å². The summed E-state index contributed by atoms with van der Waals surface area (Å²) in [7, 11) is 0. The third-order valence-corrected chi connectivity index (χ3v) is 4.43. The highest BCUT2D eigenvalue weighted by Crippen LogP contribution is 2.28. The van der Waals surface area contributed by atoms with Crippen LogP contribution in [0.5, 0.6) is 0 Å². The molecule has 1 aromatic carbocycles. The van der Waals surface area contributed by atoms with Gasteiger partial charge in [0, 0.05) is 6.54 Å². The number of nitrogens with one attached hydrogen (secondary N) is 1. The van der Waals surface area contributed by atoms with E-state index >= 15 is 0 Å². The van der Waals surface area contributed by atoms with Crippen LogP contribution >= 0.6 is 0 Å². The average Bonchev–Trinajstić information content (AvgIpc) is 3.29. The molecule has 0 bridgehead atoms. The van der Waals surface area contributed by atoms with Gasteiger partial charge in [0.05, 0.1) is 12.6 Å². The van der Waals surface area contributed by atoms with Crippen molar-refractivity contribution < 1.29 is 9.53 Å². The first-order valence-electron chi connectivity index (χ1n) is 8.62. The lowest BCUT2D eigenvalue weighted by Crippen LogP contribution is -2.33. The molecule has 1 aliphatic rings. The highest BCUT2D eigenvalue weighted by Gasteiger charge is 2.27. The predicted octanol–water partition coefficient (Wildman–Crippen LogP) is 2.61. The standard InChI is InChI=1S/C18H24N4O2/c1-2-22-13-20-21-16(22)12-19-18(23)17(14-8-4-3-5-9-14)24-15-10-6-7-11-15/h3-5,8-9,13,15,17H,2,6-7,10-12H2,1H3,(H,19,23)/t17-/m0/s1. The molecule has 1 aliphatic carbocycles. The van der Waals surface area contributed by atoms with Crippen molar-refractivity contribution in [1.29, 1.82) is 0 Å². The molecule has 0 radical (unpaired) electrons. The van der Waals surface area contributed by atoms with Crippen molar-refractivity contribution in [3.8, 4) is 0 Å². The number of ether oxygens (including phenoxy) is 1. The average molecular weight is 328 g/mol. The molecule has 1 heterocycles. The third-order valence-electron chi connectivity index (χ3n) is 4.43. The van der Waals surface area contributed by atoms with Crippen molar-refractivity contribution in [1.82, 2.24) is 20.1 Å². The second-order valence-corrected chi connectivity index (χ2v) is 6.08. The number of benzene rings is 1. The summed E-state index contributed by atoms with van der Waals surface area (Å²) in [5.74, 6) is 0.622. The van der Waals surface area contributed by atoms with E-state index in [0.717, 1.165) is 30.8 Å². The van der Waals surface area contributed by atoms with Crippen molar-refractivity contribution in [2.75, 3.05) is 0 Å². The van der Waals surface area contributed by atoms with Crippen molar-refractivity contribution >= 4 is 5.91 Å². The summed E-state index contributed by atoms with van der Waals surface area (Å²) < 4.78 is 8.04. The molecule has 0 spiro atoms. The Morgan fingerprint density at radius 3 is 2.79 bits per heavy atom. The van der Waals surface area contributed by atoms with Gasteiger partial charge in [-0.05, 0) is 25.3 Å². The van der Waals surface area contributed by atoms with E-state index < -0.39 is 6.10 Å². The molecule has 0 aliphatic heterocycles. The molecule has 1 N–H and O–H groups in total. The van der Waals surface area contributed by atoms with Crippen molar-refractivity contribution in [2.45, 2.75) is 57.9 Å².